The van der Waals surface area contributed by atoms with Gasteiger partial charge in [0, 0.05) is 19.3 Å². The number of hydrogen-bond acceptors (Lipinski definition) is 4. The molecule has 0 aliphatic carbocycles. The predicted molar refractivity (Wildman–Crippen MR) is 73.6 cm³/mol. The van der Waals surface area contributed by atoms with Crippen LogP contribution in [-0.4, -0.2) is 49.3 Å². The normalized spacial score (nSPS) is 10.1. The number of nitrogens with one attached hydrogen (secondary N) is 2. The van der Waals surface area contributed by atoms with E-state index in [0.29, 0.717) is 16.7 Å². The number of likely N-dealkylation sites (N-methyl/N-ethyl adjacent to an activating group) is 1. The lowest BCUT2D eigenvalue weighted by Crippen LogP contribution is -2.34. The quantitative estimate of drug-likeness (QED) is 0.763. The Morgan fingerprint density at radius 3 is 2.94 bits per heavy atom. The molecule has 0 fully saturated rings. The smallest absolute Gasteiger partial charge is 0.174 e. The molecule has 0 unspecified atom stereocenters. The summed E-state index contributed by atoms with van der Waals surface area (Å²) in [6.07, 6.45) is 1.69. The summed E-state index contributed by atoms with van der Waals surface area (Å²) >= 11 is 5.16. The van der Waals surface area contributed by atoms with E-state index in [-0.39, 0.29) is 0 Å². The maximum Gasteiger partial charge on any atom is 0.174 e. The van der Waals surface area contributed by atoms with Crippen LogP contribution >= 0.6 is 12.2 Å². The second kappa shape index (κ2) is 7.03. The Kier molecular flexibility index (Phi) is 5.65. The van der Waals surface area contributed by atoms with Crippen molar-refractivity contribution in [1.29, 1.82) is 0 Å². The van der Waals surface area contributed by atoms with Crippen LogP contribution < -0.4 is 15.4 Å². The highest BCUT2D eigenvalue weighted by molar-refractivity contribution is 7.80. The van der Waals surface area contributed by atoms with Gasteiger partial charge in [0.1, 0.15) is 0 Å². The Morgan fingerprint density at radius 1 is 1.53 bits per heavy atom. The minimum atomic E-state index is 0.545. The number of nitrogens with zero attached hydrogens (tertiary/aromatic N) is 2. The summed E-state index contributed by atoms with van der Waals surface area (Å²) in [6.45, 7) is 1.70. The molecule has 0 spiro atoms. The highest BCUT2D eigenvalue weighted by atomic mass is 32.1. The summed E-state index contributed by atoms with van der Waals surface area (Å²) in [6, 6.07) is 3.64. The molecule has 0 aliphatic heterocycles. The maximum atomic E-state index is 5.17. The van der Waals surface area contributed by atoms with Crippen molar-refractivity contribution >= 4 is 23.1 Å². The molecule has 0 amide bonds. The number of methoxy groups -OCH3 is 1. The molecule has 2 N–H and O–H groups in total. The molecule has 0 saturated carbocycles. The van der Waals surface area contributed by atoms with Crippen LogP contribution in [0.4, 0.5) is 5.82 Å². The number of thiocarbonyl (C=S) groups is 1. The molecule has 1 aromatic heterocycles. The van der Waals surface area contributed by atoms with Crippen molar-refractivity contribution in [3.8, 4) is 5.75 Å². The van der Waals surface area contributed by atoms with E-state index in [1.54, 1.807) is 13.3 Å². The Morgan fingerprint density at radius 2 is 2.29 bits per heavy atom. The topological polar surface area (TPSA) is 49.4 Å². The standard InChI is InChI=1S/C11H18N4OS/c1-15(2)8-7-13-11(17)14-10-9(16-3)5-4-6-12-10/h4-6H,7-8H2,1-3H3,(H2,12,13,14,17). The molecular weight excluding hydrogens is 236 g/mol. The minimum Gasteiger partial charge on any atom is -0.493 e. The van der Waals surface area contributed by atoms with Gasteiger partial charge in [-0.15, -0.1) is 0 Å². The van der Waals surface area contributed by atoms with Gasteiger partial charge in [-0.25, -0.2) is 4.98 Å². The van der Waals surface area contributed by atoms with Gasteiger partial charge in [-0.2, -0.15) is 0 Å². The average molecular weight is 254 g/mol. The molecule has 1 rings (SSSR count). The number of hydrogen-bond donors (Lipinski definition) is 2. The van der Waals surface area contributed by atoms with Gasteiger partial charge in [0.2, 0.25) is 0 Å². The van der Waals surface area contributed by atoms with Crippen molar-refractivity contribution in [3.63, 3.8) is 0 Å². The lowest BCUT2D eigenvalue weighted by molar-refractivity contribution is 0.412. The van der Waals surface area contributed by atoms with Crippen molar-refractivity contribution in [2.24, 2.45) is 0 Å². The first kappa shape index (κ1) is 13.7. The molecule has 6 heteroatoms. The van der Waals surface area contributed by atoms with Gasteiger partial charge < -0.3 is 20.3 Å². The summed E-state index contributed by atoms with van der Waals surface area (Å²) in [5, 5.41) is 6.64. The van der Waals surface area contributed by atoms with Crippen molar-refractivity contribution in [3.05, 3.63) is 18.3 Å². The Labute approximate surface area is 107 Å². The van der Waals surface area contributed by atoms with E-state index in [9.17, 15) is 0 Å². The van der Waals surface area contributed by atoms with E-state index in [1.165, 1.54) is 0 Å². The van der Waals surface area contributed by atoms with Crippen LogP contribution in [0.1, 0.15) is 0 Å². The first-order valence-corrected chi connectivity index (χ1v) is 5.73. The number of pyridine rings is 1. The molecule has 1 aromatic rings. The van der Waals surface area contributed by atoms with Crippen LogP contribution in [0, 0.1) is 0 Å². The Bertz CT molecular complexity index is 370. The maximum absolute atomic E-state index is 5.17. The Balaban J connectivity index is 2.45. The lowest BCUT2D eigenvalue weighted by atomic mass is 10.4. The third-order valence-electron chi connectivity index (χ3n) is 2.07. The van der Waals surface area contributed by atoms with E-state index in [2.05, 4.69) is 20.5 Å². The molecule has 17 heavy (non-hydrogen) atoms. The molecular formula is C11H18N4OS. The summed E-state index contributed by atoms with van der Waals surface area (Å²) in [7, 11) is 5.63. The predicted octanol–water partition coefficient (Wildman–Crippen LogP) is 0.938. The molecule has 0 radical (unpaired) electrons. The zero-order valence-corrected chi connectivity index (χ0v) is 11.2. The van der Waals surface area contributed by atoms with E-state index >= 15 is 0 Å². The third-order valence-corrected chi connectivity index (χ3v) is 2.31. The van der Waals surface area contributed by atoms with Crippen molar-refractivity contribution < 1.29 is 4.74 Å². The number of aromatic nitrogens is 1. The summed E-state index contributed by atoms with van der Waals surface area (Å²) in [5.41, 5.74) is 0. The van der Waals surface area contributed by atoms with E-state index in [1.807, 2.05) is 26.2 Å². The highest BCUT2D eigenvalue weighted by Crippen LogP contribution is 2.19. The SMILES string of the molecule is COc1cccnc1NC(=S)NCCN(C)C. The van der Waals surface area contributed by atoms with Crippen molar-refractivity contribution in [2.45, 2.75) is 0 Å². The van der Waals surface area contributed by atoms with Crippen LogP contribution in [0.5, 0.6) is 5.75 Å². The summed E-state index contributed by atoms with van der Waals surface area (Å²) in [4.78, 5) is 6.24. The number of ether oxygens (including phenoxy) is 1. The molecule has 1 heterocycles. The number of rotatable bonds is 5. The monoisotopic (exact) mass is 254 g/mol. The van der Waals surface area contributed by atoms with Gasteiger partial charge in [0.25, 0.3) is 0 Å². The molecule has 0 aliphatic rings. The lowest BCUT2D eigenvalue weighted by Gasteiger charge is -2.14. The second-order valence-corrected chi connectivity index (χ2v) is 4.15. The fraction of sp³-hybridized carbons (Fsp3) is 0.455. The highest BCUT2D eigenvalue weighted by Gasteiger charge is 2.04. The molecule has 94 valence electrons. The van der Waals surface area contributed by atoms with Crippen LogP contribution in [-0.2, 0) is 0 Å². The van der Waals surface area contributed by atoms with Crippen molar-refractivity contribution in [2.75, 3.05) is 39.6 Å². The van der Waals surface area contributed by atoms with Crippen molar-refractivity contribution in [1.82, 2.24) is 15.2 Å². The van der Waals surface area contributed by atoms with Crippen LogP contribution in [0.15, 0.2) is 18.3 Å². The minimum absolute atomic E-state index is 0.545. The molecule has 5 nitrogen and oxygen atoms in total. The van der Waals surface area contributed by atoms with Gasteiger partial charge in [-0.1, -0.05) is 0 Å². The van der Waals surface area contributed by atoms with Crippen LogP contribution in [0.25, 0.3) is 0 Å². The van der Waals surface area contributed by atoms with Gasteiger partial charge in [-0.3, -0.25) is 0 Å². The fourth-order valence-corrected chi connectivity index (χ4v) is 1.39. The van der Waals surface area contributed by atoms with Crippen LogP contribution in [0.3, 0.4) is 0 Å². The average Bonchev–Trinajstić information content (AvgIpc) is 2.29. The van der Waals surface area contributed by atoms with E-state index < -0.39 is 0 Å². The first-order valence-electron chi connectivity index (χ1n) is 5.32. The second-order valence-electron chi connectivity index (χ2n) is 3.74. The third kappa shape index (κ3) is 4.97. The number of anilines is 1. The van der Waals surface area contributed by atoms with Crippen LogP contribution in [0.2, 0.25) is 0 Å². The van der Waals surface area contributed by atoms with Gasteiger partial charge in [0.15, 0.2) is 16.7 Å². The molecule has 0 aromatic carbocycles. The zero-order chi connectivity index (χ0) is 12.7. The summed E-state index contributed by atoms with van der Waals surface area (Å²) < 4.78 is 5.17. The fourth-order valence-electron chi connectivity index (χ4n) is 1.19. The molecule has 0 bridgehead atoms. The van der Waals surface area contributed by atoms with E-state index in [4.69, 9.17) is 17.0 Å². The molecule has 0 atom stereocenters. The Hall–Kier alpha value is -1.40. The molecule has 0 saturated heterocycles. The first-order chi connectivity index (χ1) is 8.13. The largest absolute Gasteiger partial charge is 0.493 e. The zero-order valence-electron chi connectivity index (χ0n) is 10.4. The van der Waals surface area contributed by atoms with E-state index in [0.717, 1.165) is 13.1 Å². The van der Waals surface area contributed by atoms with Gasteiger partial charge >= 0.3 is 0 Å². The van der Waals surface area contributed by atoms with Gasteiger partial charge in [0.05, 0.1) is 7.11 Å². The van der Waals surface area contributed by atoms with Gasteiger partial charge in [-0.05, 0) is 38.4 Å². The summed E-state index contributed by atoms with van der Waals surface area (Å²) in [5.74, 6) is 1.29.